The molecule has 0 saturated heterocycles. The summed E-state index contributed by atoms with van der Waals surface area (Å²) in [6.45, 7) is 6.34. The number of ether oxygens (including phenoxy) is 1. The first-order valence-corrected chi connectivity index (χ1v) is 25.7. The van der Waals surface area contributed by atoms with Crippen LogP contribution in [0.5, 0.6) is 0 Å². The number of hydrogen-bond donors (Lipinski definition) is 3. The molecule has 1 amide bonds. The molecular weight excluding hydrogens is 731 g/mol. The molecule has 6 heteroatoms. The second-order valence-corrected chi connectivity index (χ2v) is 17.6. The zero-order valence-electron chi connectivity index (χ0n) is 39.4. The monoisotopic (exact) mass is 830 g/mol. The Morgan fingerprint density at radius 1 is 0.508 bits per heavy atom. The lowest BCUT2D eigenvalue weighted by Gasteiger charge is -2.24. The van der Waals surface area contributed by atoms with E-state index >= 15 is 0 Å². The summed E-state index contributed by atoms with van der Waals surface area (Å²) in [5.41, 5.74) is 0. The molecule has 3 unspecified atom stereocenters. The molecule has 59 heavy (non-hydrogen) atoms. The number of aliphatic hydroxyl groups is 2. The highest BCUT2D eigenvalue weighted by Crippen LogP contribution is 2.18. The van der Waals surface area contributed by atoms with Crippen molar-refractivity contribution in [1.29, 1.82) is 0 Å². The lowest BCUT2D eigenvalue weighted by atomic mass is 10.0. The Morgan fingerprint density at radius 2 is 0.915 bits per heavy atom. The molecule has 0 aromatic heterocycles. The summed E-state index contributed by atoms with van der Waals surface area (Å²) in [6, 6.07) is -0.708. The van der Waals surface area contributed by atoms with Gasteiger partial charge in [-0.2, -0.15) is 0 Å². The predicted molar refractivity (Wildman–Crippen MR) is 255 cm³/mol. The fraction of sp³-hybridized carbons (Fsp3) is 0.849. The van der Waals surface area contributed by atoms with Gasteiger partial charge in [-0.1, -0.05) is 243 Å². The van der Waals surface area contributed by atoms with Crippen LogP contribution in [0.1, 0.15) is 265 Å². The van der Waals surface area contributed by atoms with Crippen LogP contribution < -0.4 is 5.32 Å². The molecule has 0 aromatic rings. The van der Waals surface area contributed by atoms with Gasteiger partial charge in [-0.05, 0) is 44.9 Å². The summed E-state index contributed by atoms with van der Waals surface area (Å²) >= 11 is 0. The minimum atomic E-state index is -0.793. The van der Waals surface area contributed by atoms with Crippen molar-refractivity contribution < 1.29 is 24.5 Å². The summed E-state index contributed by atoms with van der Waals surface area (Å²) < 4.78 is 5.91. The Morgan fingerprint density at radius 3 is 1.37 bits per heavy atom. The minimum Gasteiger partial charge on any atom is -0.462 e. The van der Waals surface area contributed by atoms with Crippen molar-refractivity contribution in [2.24, 2.45) is 0 Å². The SMILES string of the molecule is CC/C=C/C=C/C=C\CCCCCC(CC(=O)NC(CO)C(O)CCCCCCCCCCCC)OC(=O)CCCCCCCCCCCCCCCCCCCCC. The van der Waals surface area contributed by atoms with Crippen molar-refractivity contribution in [2.45, 2.75) is 283 Å². The highest BCUT2D eigenvalue weighted by molar-refractivity contribution is 5.77. The average molecular weight is 830 g/mol. The van der Waals surface area contributed by atoms with E-state index < -0.39 is 18.2 Å². The zero-order chi connectivity index (χ0) is 43.1. The summed E-state index contributed by atoms with van der Waals surface area (Å²) in [5.74, 6) is -0.499. The number of nitrogens with one attached hydrogen (secondary N) is 1. The maximum absolute atomic E-state index is 13.1. The molecular formula is C53H99NO5. The van der Waals surface area contributed by atoms with Gasteiger partial charge >= 0.3 is 5.97 Å². The number of rotatable bonds is 46. The van der Waals surface area contributed by atoms with E-state index in [0.29, 0.717) is 19.3 Å². The fourth-order valence-electron chi connectivity index (χ4n) is 7.90. The highest BCUT2D eigenvalue weighted by atomic mass is 16.5. The Labute approximate surface area is 366 Å². The van der Waals surface area contributed by atoms with E-state index in [1.165, 1.54) is 148 Å². The molecule has 0 aliphatic carbocycles. The average Bonchev–Trinajstić information content (AvgIpc) is 3.23. The molecule has 0 fully saturated rings. The third-order valence-electron chi connectivity index (χ3n) is 11.8. The highest BCUT2D eigenvalue weighted by Gasteiger charge is 2.24. The first kappa shape index (κ1) is 57.1. The molecule has 0 bridgehead atoms. The quantitative estimate of drug-likeness (QED) is 0.0323. The molecule has 6 nitrogen and oxygen atoms in total. The number of esters is 1. The largest absolute Gasteiger partial charge is 0.462 e. The van der Waals surface area contributed by atoms with Crippen LogP contribution in [0.3, 0.4) is 0 Å². The number of amides is 1. The first-order valence-electron chi connectivity index (χ1n) is 25.7. The van der Waals surface area contributed by atoms with Crippen molar-refractivity contribution in [2.75, 3.05) is 6.61 Å². The molecule has 0 aromatic carbocycles. The van der Waals surface area contributed by atoms with Crippen LogP contribution in [-0.2, 0) is 14.3 Å². The van der Waals surface area contributed by atoms with Crippen molar-refractivity contribution in [3.63, 3.8) is 0 Å². The number of allylic oxidation sites excluding steroid dienone is 6. The van der Waals surface area contributed by atoms with Gasteiger partial charge in [-0.3, -0.25) is 9.59 Å². The Bertz CT molecular complexity index is 977. The molecule has 0 heterocycles. The van der Waals surface area contributed by atoms with E-state index in [0.717, 1.165) is 70.6 Å². The second-order valence-electron chi connectivity index (χ2n) is 17.6. The van der Waals surface area contributed by atoms with E-state index in [4.69, 9.17) is 4.74 Å². The van der Waals surface area contributed by atoms with Crippen LogP contribution in [0, 0.1) is 0 Å². The van der Waals surface area contributed by atoms with Crippen molar-refractivity contribution in [3.05, 3.63) is 36.5 Å². The molecule has 3 N–H and O–H groups in total. The molecule has 346 valence electrons. The Balaban J connectivity index is 4.46. The number of unbranched alkanes of at least 4 members (excludes halogenated alkanes) is 30. The third kappa shape index (κ3) is 42.6. The van der Waals surface area contributed by atoms with Crippen molar-refractivity contribution in [3.8, 4) is 0 Å². The topological polar surface area (TPSA) is 95.9 Å². The third-order valence-corrected chi connectivity index (χ3v) is 11.8. The van der Waals surface area contributed by atoms with E-state index in [-0.39, 0.29) is 24.9 Å². The van der Waals surface area contributed by atoms with Gasteiger partial charge in [0.15, 0.2) is 0 Å². The second kappa shape index (κ2) is 47.1. The maximum atomic E-state index is 13.1. The lowest BCUT2D eigenvalue weighted by molar-refractivity contribution is -0.151. The summed E-state index contributed by atoms with van der Waals surface area (Å²) in [7, 11) is 0. The lowest BCUT2D eigenvalue weighted by Crippen LogP contribution is -2.46. The number of carbonyl (C=O) groups excluding carboxylic acids is 2. The zero-order valence-corrected chi connectivity index (χ0v) is 39.4. The normalized spacial score (nSPS) is 13.5. The number of carbonyl (C=O) groups is 2. The van der Waals surface area contributed by atoms with Gasteiger partial charge in [-0.25, -0.2) is 0 Å². The van der Waals surface area contributed by atoms with Gasteiger partial charge in [0.1, 0.15) is 6.10 Å². The van der Waals surface area contributed by atoms with Crippen LogP contribution in [0.15, 0.2) is 36.5 Å². The van der Waals surface area contributed by atoms with Gasteiger partial charge in [0.2, 0.25) is 5.91 Å². The standard InChI is InChI=1S/C53H99NO5/c1-4-7-10-13-16-19-22-23-24-25-26-27-28-29-31-34-37-40-43-46-53(58)59-49(44-41-38-35-32-30-20-17-14-11-8-5-2)47-52(57)54-50(48-55)51(56)45-42-39-36-33-21-18-15-12-9-6-3/h8,11,14,17,20,30,49-51,55-56H,4-7,9-10,12-13,15-16,18-19,21-29,31-48H2,1-3H3,(H,54,57)/b11-8+,17-14+,30-20-. The Hall–Kier alpha value is -1.92. The molecule has 3 atom stereocenters. The minimum absolute atomic E-state index is 0.0579. The van der Waals surface area contributed by atoms with E-state index in [9.17, 15) is 19.8 Å². The molecule has 0 radical (unpaired) electrons. The van der Waals surface area contributed by atoms with Crippen LogP contribution in [-0.4, -0.2) is 46.9 Å². The van der Waals surface area contributed by atoms with Gasteiger partial charge in [0.05, 0.1) is 25.2 Å². The smallest absolute Gasteiger partial charge is 0.306 e. The van der Waals surface area contributed by atoms with Gasteiger partial charge in [0, 0.05) is 6.42 Å². The van der Waals surface area contributed by atoms with Crippen LogP contribution in [0.2, 0.25) is 0 Å². The van der Waals surface area contributed by atoms with Crippen LogP contribution >= 0.6 is 0 Å². The van der Waals surface area contributed by atoms with E-state index in [2.05, 4.69) is 56.5 Å². The first-order chi connectivity index (χ1) is 29.0. The van der Waals surface area contributed by atoms with E-state index in [1.54, 1.807) is 0 Å². The van der Waals surface area contributed by atoms with Crippen LogP contribution in [0.25, 0.3) is 0 Å². The van der Waals surface area contributed by atoms with E-state index in [1.807, 2.05) is 6.08 Å². The maximum Gasteiger partial charge on any atom is 0.306 e. The van der Waals surface area contributed by atoms with Crippen molar-refractivity contribution in [1.82, 2.24) is 5.32 Å². The fourth-order valence-corrected chi connectivity index (χ4v) is 7.90. The van der Waals surface area contributed by atoms with Crippen LogP contribution in [0.4, 0.5) is 0 Å². The van der Waals surface area contributed by atoms with Gasteiger partial charge in [-0.15, -0.1) is 0 Å². The summed E-state index contributed by atoms with van der Waals surface area (Å²) in [5, 5.41) is 23.7. The molecule has 0 aliphatic rings. The molecule has 0 saturated carbocycles. The summed E-state index contributed by atoms with van der Waals surface area (Å²) in [6.07, 6.45) is 55.1. The van der Waals surface area contributed by atoms with Gasteiger partial charge in [0.25, 0.3) is 0 Å². The Kier molecular flexibility index (Phi) is 45.6. The van der Waals surface area contributed by atoms with Crippen molar-refractivity contribution >= 4 is 11.9 Å². The predicted octanol–water partition coefficient (Wildman–Crippen LogP) is 15.3. The molecule has 0 aliphatic heterocycles. The van der Waals surface area contributed by atoms with Gasteiger partial charge < -0.3 is 20.3 Å². The molecule has 0 spiro atoms. The number of aliphatic hydroxyl groups excluding tert-OH is 2. The number of hydrogen-bond acceptors (Lipinski definition) is 5. The summed E-state index contributed by atoms with van der Waals surface area (Å²) in [4.78, 5) is 26.1. The molecule has 0 rings (SSSR count).